The van der Waals surface area contributed by atoms with Crippen LogP contribution in [0.15, 0.2) is 54.6 Å². The first-order chi connectivity index (χ1) is 9.28. The number of allylic oxidation sites excluding steroid dienone is 2. The topological polar surface area (TPSA) is 38.3 Å². The third kappa shape index (κ3) is 2.19. The van der Waals surface area contributed by atoms with Crippen molar-refractivity contribution >= 4 is 11.5 Å². The zero-order valence-corrected chi connectivity index (χ0v) is 10.7. The first kappa shape index (κ1) is 11.8. The van der Waals surface area contributed by atoms with E-state index >= 15 is 0 Å². The summed E-state index contributed by atoms with van der Waals surface area (Å²) in [5.41, 5.74) is 2.04. The number of amides is 1. The normalized spacial score (nSPS) is 28.9. The fraction of sp³-hybridized carbons (Fsp3) is 0.188. The standard InChI is InChI=1S/C16H15NO2/c1-19-13-8-5-11(6-9-13)14-4-2-3-12-7-10-15(14)16(18)17-12/h2-10,12,15H,1H3,(H,17,18)/b3-2-,14-4-. The molecule has 2 unspecified atom stereocenters. The van der Waals surface area contributed by atoms with Gasteiger partial charge in [-0.15, -0.1) is 0 Å². The molecule has 19 heavy (non-hydrogen) atoms. The van der Waals surface area contributed by atoms with Crippen molar-refractivity contribution in [2.75, 3.05) is 7.11 Å². The highest BCUT2D eigenvalue weighted by Gasteiger charge is 2.27. The lowest BCUT2D eigenvalue weighted by Gasteiger charge is -2.26. The van der Waals surface area contributed by atoms with Crippen molar-refractivity contribution in [3.05, 3.63) is 60.2 Å². The van der Waals surface area contributed by atoms with Gasteiger partial charge in [0.25, 0.3) is 0 Å². The first-order valence-corrected chi connectivity index (χ1v) is 6.29. The van der Waals surface area contributed by atoms with Crippen molar-refractivity contribution in [1.29, 1.82) is 0 Å². The molecule has 2 atom stereocenters. The number of methoxy groups -OCH3 is 1. The van der Waals surface area contributed by atoms with Gasteiger partial charge in [0.15, 0.2) is 0 Å². The number of carbonyl (C=O) groups excluding carboxylic acids is 1. The molecule has 1 N–H and O–H groups in total. The summed E-state index contributed by atoms with van der Waals surface area (Å²) in [6, 6.07) is 7.80. The third-order valence-corrected chi connectivity index (χ3v) is 3.45. The number of benzene rings is 1. The van der Waals surface area contributed by atoms with Crippen LogP contribution < -0.4 is 10.1 Å². The number of rotatable bonds is 2. The van der Waals surface area contributed by atoms with Crippen LogP contribution in [0.1, 0.15) is 5.56 Å². The summed E-state index contributed by atoms with van der Waals surface area (Å²) in [5, 5.41) is 2.96. The van der Waals surface area contributed by atoms with Gasteiger partial charge in [0, 0.05) is 0 Å². The van der Waals surface area contributed by atoms with Crippen molar-refractivity contribution in [3.8, 4) is 5.75 Å². The molecule has 0 saturated carbocycles. The molecule has 1 aromatic carbocycles. The van der Waals surface area contributed by atoms with Crippen LogP contribution in [-0.2, 0) is 4.79 Å². The van der Waals surface area contributed by atoms with Gasteiger partial charge in [0.1, 0.15) is 5.75 Å². The SMILES string of the molecule is COc1ccc(/C2=C/C=C\C3C=CC2C(=O)N3)cc1. The van der Waals surface area contributed by atoms with Crippen LogP contribution in [0.5, 0.6) is 5.75 Å². The monoisotopic (exact) mass is 253 g/mol. The molecule has 4 rings (SSSR count). The largest absolute Gasteiger partial charge is 0.497 e. The van der Waals surface area contributed by atoms with E-state index in [-0.39, 0.29) is 17.9 Å². The summed E-state index contributed by atoms with van der Waals surface area (Å²) in [6.45, 7) is 0. The Morgan fingerprint density at radius 2 is 1.89 bits per heavy atom. The van der Waals surface area contributed by atoms with Gasteiger partial charge >= 0.3 is 0 Å². The Morgan fingerprint density at radius 3 is 2.58 bits per heavy atom. The summed E-state index contributed by atoms with van der Waals surface area (Å²) >= 11 is 0. The van der Waals surface area contributed by atoms with E-state index in [0.717, 1.165) is 16.9 Å². The molecular formula is C16H15NO2. The molecule has 1 amide bonds. The highest BCUT2D eigenvalue weighted by Crippen LogP contribution is 2.30. The summed E-state index contributed by atoms with van der Waals surface area (Å²) in [5.74, 6) is 0.656. The van der Waals surface area contributed by atoms with Gasteiger partial charge in [0.2, 0.25) is 5.91 Å². The number of carbonyl (C=O) groups is 1. The fourth-order valence-corrected chi connectivity index (χ4v) is 2.42. The number of fused-ring (bicyclic) bond motifs is 2. The molecule has 0 aromatic heterocycles. The van der Waals surface area contributed by atoms with E-state index in [1.54, 1.807) is 7.11 Å². The molecule has 3 aliphatic rings. The predicted octanol–water partition coefficient (Wildman–Crippen LogP) is 2.32. The zero-order valence-electron chi connectivity index (χ0n) is 10.7. The van der Waals surface area contributed by atoms with Crippen LogP contribution in [0.25, 0.3) is 5.57 Å². The molecule has 1 aromatic rings. The Hall–Kier alpha value is -2.29. The molecule has 2 bridgehead atoms. The number of ether oxygens (including phenoxy) is 1. The van der Waals surface area contributed by atoms with Crippen molar-refractivity contribution in [1.82, 2.24) is 5.32 Å². The summed E-state index contributed by atoms with van der Waals surface area (Å²) in [6.07, 6.45) is 10.00. The van der Waals surface area contributed by atoms with E-state index in [1.807, 2.05) is 54.6 Å². The molecule has 1 aliphatic carbocycles. The average Bonchev–Trinajstić information content (AvgIpc) is 2.41. The highest BCUT2D eigenvalue weighted by molar-refractivity contribution is 5.96. The molecule has 0 spiro atoms. The first-order valence-electron chi connectivity index (χ1n) is 6.29. The summed E-state index contributed by atoms with van der Waals surface area (Å²) < 4.78 is 5.16. The smallest absolute Gasteiger partial charge is 0.232 e. The van der Waals surface area contributed by atoms with Gasteiger partial charge < -0.3 is 10.1 Å². The maximum absolute atomic E-state index is 12.1. The number of hydrogen-bond acceptors (Lipinski definition) is 2. The molecule has 3 nitrogen and oxygen atoms in total. The lowest BCUT2D eigenvalue weighted by atomic mass is 9.86. The van der Waals surface area contributed by atoms with Gasteiger partial charge in [0.05, 0.1) is 19.1 Å². The molecule has 0 fully saturated rings. The minimum absolute atomic E-state index is 0.0254. The van der Waals surface area contributed by atoms with Crippen molar-refractivity contribution in [2.45, 2.75) is 6.04 Å². The Balaban J connectivity index is 2.01. The van der Waals surface area contributed by atoms with Gasteiger partial charge in [-0.3, -0.25) is 4.79 Å². The van der Waals surface area contributed by atoms with E-state index in [1.165, 1.54) is 0 Å². The average molecular weight is 253 g/mol. The molecular weight excluding hydrogens is 238 g/mol. The van der Waals surface area contributed by atoms with Crippen LogP contribution in [0.3, 0.4) is 0 Å². The maximum atomic E-state index is 12.1. The number of hydrogen-bond donors (Lipinski definition) is 1. The van der Waals surface area contributed by atoms with Crippen LogP contribution >= 0.6 is 0 Å². The van der Waals surface area contributed by atoms with Gasteiger partial charge in [-0.2, -0.15) is 0 Å². The van der Waals surface area contributed by atoms with Crippen LogP contribution in [0.2, 0.25) is 0 Å². The van der Waals surface area contributed by atoms with Crippen molar-refractivity contribution in [2.24, 2.45) is 5.92 Å². The van der Waals surface area contributed by atoms with Crippen molar-refractivity contribution < 1.29 is 9.53 Å². The van der Waals surface area contributed by atoms with Crippen molar-refractivity contribution in [3.63, 3.8) is 0 Å². The van der Waals surface area contributed by atoms with Crippen LogP contribution in [0.4, 0.5) is 0 Å². The Bertz CT molecular complexity index is 581. The molecule has 0 saturated heterocycles. The van der Waals surface area contributed by atoms with Crippen LogP contribution in [-0.4, -0.2) is 19.1 Å². The number of nitrogens with one attached hydrogen (secondary N) is 1. The van der Waals surface area contributed by atoms with E-state index in [9.17, 15) is 4.79 Å². The van der Waals surface area contributed by atoms with E-state index in [2.05, 4.69) is 5.32 Å². The zero-order chi connectivity index (χ0) is 13.2. The van der Waals surface area contributed by atoms with Gasteiger partial charge in [-0.05, 0) is 23.3 Å². The summed E-state index contributed by atoms with van der Waals surface area (Å²) in [4.78, 5) is 12.1. The predicted molar refractivity (Wildman–Crippen MR) is 74.7 cm³/mol. The Labute approximate surface area is 112 Å². The Kier molecular flexibility index (Phi) is 2.95. The maximum Gasteiger partial charge on any atom is 0.232 e. The second-order valence-corrected chi connectivity index (χ2v) is 4.63. The molecule has 96 valence electrons. The van der Waals surface area contributed by atoms with Gasteiger partial charge in [-0.25, -0.2) is 0 Å². The molecule has 2 aliphatic heterocycles. The summed E-state index contributed by atoms with van der Waals surface area (Å²) in [7, 11) is 1.64. The third-order valence-electron chi connectivity index (χ3n) is 3.45. The quantitative estimate of drug-likeness (QED) is 0.821. The van der Waals surface area contributed by atoms with Gasteiger partial charge in [-0.1, -0.05) is 42.5 Å². The second-order valence-electron chi connectivity index (χ2n) is 4.63. The van der Waals surface area contributed by atoms with E-state index in [4.69, 9.17) is 4.74 Å². The molecule has 0 radical (unpaired) electrons. The van der Waals surface area contributed by atoms with E-state index in [0.29, 0.717) is 0 Å². The fourth-order valence-electron chi connectivity index (χ4n) is 2.42. The molecule has 2 heterocycles. The highest BCUT2D eigenvalue weighted by atomic mass is 16.5. The van der Waals surface area contributed by atoms with E-state index < -0.39 is 0 Å². The second kappa shape index (κ2) is 4.76. The minimum atomic E-state index is -0.213. The Morgan fingerprint density at radius 1 is 1.11 bits per heavy atom. The molecule has 3 heteroatoms. The lowest BCUT2D eigenvalue weighted by Crippen LogP contribution is -2.40. The minimum Gasteiger partial charge on any atom is -0.497 e. The van der Waals surface area contributed by atoms with Crippen LogP contribution in [0, 0.1) is 5.92 Å². The lowest BCUT2D eigenvalue weighted by molar-refractivity contribution is -0.122.